The fourth-order valence-corrected chi connectivity index (χ4v) is 1.81. The highest BCUT2D eigenvalue weighted by Crippen LogP contribution is 2.12. The molecule has 0 radical (unpaired) electrons. The van der Waals surface area contributed by atoms with Crippen LogP contribution in [-0.2, 0) is 4.79 Å². The molecule has 0 aliphatic carbocycles. The lowest BCUT2D eigenvalue weighted by Gasteiger charge is -2.20. The summed E-state index contributed by atoms with van der Waals surface area (Å²) in [6.45, 7) is 3.67. The molecule has 1 heterocycles. The first-order valence-electron chi connectivity index (χ1n) is 5.60. The molecule has 1 aromatic heterocycles. The van der Waals surface area contributed by atoms with Crippen molar-refractivity contribution in [3.63, 3.8) is 0 Å². The van der Waals surface area contributed by atoms with Gasteiger partial charge in [-0.15, -0.1) is 0 Å². The van der Waals surface area contributed by atoms with Crippen LogP contribution in [0, 0.1) is 5.92 Å². The van der Waals surface area contributed by atoms with Crippen LogP contribution in [0.2, 0.25) is 0 Å². The molecule has 1 aromatic rings. The summed E-state index contributed by atoms with van der Waals surface area (Å²) in [5.74, 6) is -1.59. The first-order chi connectivity index (χ1) is 8.45. The summed E-state index contributed by atoms with van der Waals surface area (Å²) < 4.78 is 0.672. The molecule has 0 aromatic carbocycles. The minimum Gasteiger partial charge on any atom is -0.480 e. The quantitative estimate of drug-likeness (QED) is 0.872. The van der Waals surface area contributed by atoms with E-state index in [9.17, 15) is 9.59 Å². The summed E-state index contributed by atoms with van der Waals surface area (Å²) in [5, 5.41) is 11.6. The highest BCUT2D eigenvalue weighted by molar-refractivity contribution is 9.10. The van der Waals surface area contributed by atoms with E-state index >= 15 is 0 Å². The fraction of sp³-hybridized carbons (Fsp3) is 0.417. The van der Waals surface area contributed by atoms with Crippen molar-refractivity contribution in [2.24, 2.45) is 5.92 Å². The Morgan fingerprint density at radius 1 is 1.50 bits per heavy atom. The van der Waals surface area contributed by atoms with Gasteiger partial charge in [0.25, 0.3) is 5.91 Å². The average molecular weight is 315 g/mol. The van der Waals surface area contributed by atoms with E-state index in [1.807, 2.05) is 6.92 Å². The van der Waals surface area contributed by atoms with E-state index in [0.29, 0.717) is 16.5 Å². The van der Waals surface area contributed by atoms with Crippen LogP contribution in [0.4, 0.5) is 0 Å². The Balaban J connectivity index is 2.82. The Morgan fingerprint density at radius 3 is 2.67 bits per heavy atom. The Morgan fingerprint density at radius 2 is 2.17 bits per heavy atom. The number of carboxylic acid groups (broad SMARTS) is 1. The zero-order chi connectivity index (χ0) is 13.7. The second kappa shape index (κ2) is 6.49. The number of hydrogen-bond acceptors (Lipinski definition) is 3. The maximum absolute atomic E-state index is 11.9. The van der Waals surface area contributed by atoms with Crippen LogP contribution in [-0.4, -0.2) is 28.0 Å². The van der Waals surface area contributed by atoms with Crippen molar-refractivity contribution in [1.29, 1.82) is 0 Å². The SMILES string of the molecule is CC[C@@H](C)[C@H](NC(=O)c1cncc(Br)c1)C(=O)O. The molecule has 2 N–H and O–H groups in total. The van der Waals surface area contributed by atoms with Crippen molar-refractivity contribution in [2.45, 2.75) is 26.3 Å². The number of nitrogens with one attached hydrogen (secondary N) is 1. The van der Waals surface area contributed by atoms with Gasteiger partial charge in [-0.1, -0.05) is 20.3 Å². The molecule has 0 unspecified atom stereocenters. The standard InChI is InChI=1S/C12H15BrN2O3/c1-3-7(2)10(12(17)18)15-11(16)8-4-9(13)6-14-5-8/h4-7,10H,3H2,1-2H3,(H,15,16)(H,17,18)/t7-,10+/m1/s1. The zero-order valence-corrected chi connectivity index (χ0v) is 11.8. The smallest absolute Gasteiger partial charge is 0.326 e. The van der Waals surface area contributed by atoms with Crippen molar-refractivity contribution >= 4 is 27.8 Å². The first-order valence-corrected chi connectivity index (χ1v) is 6.39. The summed E-state index contributed by atoms with van der Waals surface area (Å²) in [7, 11) is 0. The number of rotatable bonds is 5. The highest BCUT2D eigenvalue weighted by Gasteiger charge is 2.25. The number of amides is 1. The van der Waals surface area contributed by atoms with E-state index in [4.69, 9.17) is 5.11 Å². The van der Waals surface area contributed by atoms with Crippen molar-refractivity contribution in [3.8, 4) is 0 Å². The van der Waals surface area contributed by atoms with Gasteiger partial charge in [-0.2, -0.15) is 0 Å². The topological polar surface area (TPSA) is 79.3 Å². The van der Waals surface area contributed by atoms with E-state index in [1.54, 1.807) is 19.2 Å². The molecule has 0 aliphatic heterocycles. The first kappa shape index (κ1) is 14.6. The van der Waals surface area contributed by atoms with Gasteiger partial charge in [0, 0.05) is 16.9 Å². The van der Waals surface area contributed by atoms with E-state index in [2.05, 4.69) is 26.2 Å². The summed E-state index contributed by atoms with van der Waals surface area (Å²) in [5.41, 5.74) is 0.332. The van der Waals surface area contributed by atoms with Crippen molar-refractivity contribution in [1.82, 2.24) is 10.3 Å². The third kappa shape index (κ3) is 3.80. The predicted octanol–water partition coefficient (Wildman–Crippen LogP) is 2.07. The summed E-state index contributed by atoms with van der Waals surface area (Å²) in [6.07, 6.45) is 3.63. The van der Waals surface area contributed by atoms with E-state index in [1.165, 1.54) is 6.20 Å². The van der Waals surface area contributed by atoms with Crippen molar-refractivity contribution in [2.75, 3.05) is 0 Å². The minimum atomic E-state index is -1.03. The largest absolute Gasteiger partial charge is 0.480 e. The molecule has 5 nitrogen and oxygen atoms in total. The molecule has 0 aliphatic rings. The van der Waals surface area contributed by atoms with Crippen LogP contribution in [0.15, 0.2) is 22.9 Å². The molecule has 0 fully saturated rings. The van der Waals surface area contributed by atoms with Crippen LogP contribution in [0.3, 0.4) is 0 Å². The molecule has 18 heavy (non-hydrogen) atoms. The molecular formula is C12H15BrN2O3. The van der Waals surface area contributed by atoms with Gasteiger partial charge in [-0.25, -0.2) is 4.79 Å². The molecule has 0 bridgehead atoms. The number of aromatic nitrogens is 1. The zero-order valence-electron chi connectivity index (χ0n) is 10.2. The lowest BCUT2D eigenvalue weighted by atomic mass is 9.99. The Kier molecular flexibility index (Phi) is 5.27. The Labute approximate surface area is 114 Å². The normalized spacial score (nSPS) is 13.7. The molecule has 2 atom stereocenters. The summed E-state index contributed by atoms with van der Waals surface area (Å²) >= 11 is 3.21. The number of pyridine rings is 1. The monoisotopic (exact) mass is 314 g/mol. The number of carbonyl (C=O) groups is 2. The van der Waals surface area contributed by atoms with E-state index in [-0.39, 0.29) is 5.92 Å². The van der Waals surface area contributed by atoms with E-state index < -0.39 is 17.9 Å². The van der Waals surface area contributed by atoms with Gasteiger partial charge in [0.2, 0.25) is 0 Å². The van der Waals surface area contributed by atoms with Gasteiger partial charge in [0.15, 0.2) is 0 Å². The third-order valence-electron chi connectivity index (χ3n) is 2.73. The average Bonchev–Trinajstić information content (AvgIpc) is 2.34. The predicted molar refractivity (Wildman–Crippen MR) is 70.3 cm³/mol. The molecule has 1 amide bonds. The molecule has 98 valence electrons. The van der Waals surface area contributed by atoms with Gasteiger partial charge in [0.1, 0.15) is 6.04 Å². The Bertz CT molecular complexity index is 451. The van der Waals surface area contributed by atoms with E-state index in [0.717, 1.165) is 0 Å². The summed E-state index contributed by atoms with van der Waals surface area (Å²) in [4.78, 5) is 26.9. The molecule has 6 heteroatoms. The highest BCUT2D eigenvalue weighted by atomic mass is 79.9. The lowest BCUT2D eigenvalue weighted by Crippen LogP contribution is -2.45. The van der Waals surface area contributed by atoms with Crippen LogP contribution in [0.1, 0.15) is 30.6 Å². The maximum atomic E-state index is 11.9. The third-order valence-corrected chi connectivity index (χ3v) is 3.17. The number of halogens is 1. The molecular weight excluding hydrogens is 300 g/mol. The van der Waals surface area contributed by atoms with Gasteiger partial charge in [0.05, 0.1) is 5.56 Å². The molecule has 0 spiro atoms. The second-order valence-corrected chi connectivity index (χ2v) is 4.98. The lowest BCUT2D eigenvalue weighted by molar-refractivity contribution is -0.140. The van der Waals surface area contributed by atoms with Gasteiger partial charge in [-0.3, -0.25) is 9.78 Å². The van der Waals surface area contributed by atoms with Crippen LogP contribution < -0.4 is 5.32 Å². The molecule has 0 saturated carbocycles. The molecule has 0 saturated heterocycles. The second-order valence-electron chi connectivity index (χ2n) is 4.07. The van der Waals surface area contributed by atoms with Crippen molar-refractivity contribution in [3.05, 3.63) is 28.5 Å². The number of nitrogens with zero attached hydrogens (tertiary/aromatic N) is 1. The van der Waals surface area contributed by atoms with Crippen LogP contribution in [0.25, 0.3) is 0 Å². The number of hydrogen-bond donors (Lipinski definition) is 2. The summed E-state index contributed by atoms with van der Waals surface area (Å²) in [6, 6.07) is 0.708. The minimum absolute atomic E-state index is 0.133. The van der Waals surface area contributed by atoms with Crippen molar-refractivity contribution < 1.29 is 14.7 Å². The fourth-order valence-electron chi connectivity index (χ4n) is 1.44. The number of aliphatic carboxylic acids is 1. The number of carbonyl (C=O) groups excluding carboxylic acids is 1. The van der Waals surface area contributed by atoms with Gasteiger partial charge >= 0.3 is 5.97 Å². The van der Waals surface area contributed by atoms with Gasteiger partial charge < -0.3 is 10.4 Å². The Hall–Kier alpha value is -1.43. The van der Waals surface area contributed by atoms with Gasteiger partial charge in [-0.05, 0) is 27.9 Å². The van der Waals surface area contributed by atoms with Crippen LogP contribution >= 0.6 is 15.9 Å². The maximum Gasteiger partial charge on any atom is 0.326 e. The van der Waals surface area contributed by atoms with Crippen LogP contribution in [0.5, 0.6) is 0 Å². The number of carboxylic acids is 1. The molecule has 1 rings (SSSR count).